The Labute approximate surface area is 43.0 Å². The van der Waals surface area contributed by atoms with E-state index < -0.39 is 22.9 Å². The average molecular weight is 149 g/mol. The fourth-order valence-corrected chi connectivity index (χ4v) is 0.592. The van der Waals surface area contributed by atoms with Gasteiger partial charge in [-0.05, 0) is 0 Å². The molecule has 0 saturated carbocycles. The topological polar surface area (TPSA) is 24.7 Å². The summed E-state index contributed by atoms with van der Waals surface area (Å²) in [5.74, 6) is 0. The maximum atomic E-state index is 3.86. The van der Waals surface area contributed by atoms with Gasteiger partial charge in [0.1, 0.15) is 0 Å². The molecule has 0 aliphatic rings. The normalized spacial score (nSPS) is 5.20. The van der Waals surface area contributed by atoms with Crippen LogP contribution in [-0.2, 0) is 22.9 Å². The van der Waals surface area contributed by atoms with Crippen LogP contribution in [0.3, 0.4) is 0 Å². The summed E-state index contributed by atoms with van der Waals surface area (Å²) in [5.41, 5.74) is 0. The van der Waals surface area contributed by atoms with Gasteiger partial charge in [0.25, 0.3) is 0 Å². The van der Waals surface area contributed by atoms with Gasteiger partial charge in [0.2, 0.25) is 0 Å². The zero-order valence-electron chi connectivity index (χ0n) is 3.39. The summed E-state index contributed by atoms with van der Waals surface area (Å²) in [7, 11) is 3.64. The molecule has 0 N–H and O–H groups in total. The fraction of sp³-hybridized carbons (Fsp3) is 1.00. The molecule has 0 aromatic carbocycles. The third-order valence-corrected chi connectivity index (χ3v) is 1.18. The average Bonchev–Trinajstić information content (AvgIpc) is 1.41. The summed E-state index contributed by atoms with van der Waals surface area (Å²) in [5, 5.41) is 0. The Morgan fingerprint density at radius 3 is 1.60 bits per heavy atom. The van der Waals surface area contributed by atoms with Crippen molar-refractivity contribution in [3.63, 3.8) is 0 Å². The first kappa shape index (κ1) is 5.48. The minimum absolute atomic E-state index is 0.532. The molecule has 28 valence electrons. The van der Waals surface area contributed by atoms with Gasteiger partial charge in [0, 0.05) is 0 Å². The van der Waals surface area contributed by atoms with Crippen LogP contribution in [0.4, 0.5) is 0 Å². The van der Waals surface area contributed by atoms with Crippen LogP contribution in [0.15, 0.2) is 5.74 Å². The molecular formula is C2H6N2Zr. The predicted molar refractivity (Wildman–Crippen MR) is 16.7 cm³/mol. The van der Waals surface area contributed by atoms with Crippen LogP contribution in [-0.4, -0.2) is 14.1 Å². The van der Waals surface area contributed by atoms with Crippen molar-refractivity contribution in [2.24, 2.45) is 5.74 Å². The monoisotopic (exact) mass is 148 g/mol. The molecule has 0 unspecified atom stereocenters. The van der Waals surface area contributed by atoms with Gasteiger partial charge < -0.3 is 0 Å². The van der Waals surface area contributed by atoms with Crippen molar-refractivity contribution < 1.29 is 22.9 Å². The third kappa shape index (κ3) is 4.48. The van der Waals surface area contributed by atoms with Crippen LogP contribution < -0.4 is 0 Å². The zero-order chi connectivity index (χ0) is 4.12. The first-order valence-corrected chi connectivity index (χ1v) is 3.54. The van der Waals surface area contributed by atoms with Crippen LogP contribution in [0.5, 0.6) is 0 Å². The molecule has 0 aromatic rings. The number of hydrogen-bond acceptors (Lipinski definition) is 2. The number of rotatable bonds is 0. The third-order valence-electron chi connectivity index (χ3n) is 0.200. The second-order valence-corrected chi connectivity index (χ2v) is 3.24. The molecule has 0 aromatic heterocycles. The van der Waals surface area contributed by atoms with E-state index in [1.807, 2.05) is 14.1 Å². The molecule has 0 aliphatic carbocycles. The molecule has 0 amide bonds. The quantitative estimate of drug-likeness (QED) is 0.484. The molecule has 5 heavy (non-hydrogen) atoms. The maximum absolute atomic E-state index is 3.86. The van der Waals surface area contributed by atoms with Crippen molar-refractivity contribution in [2.75, 3.05) is 14.1 Å². The van der Waals surface area contributed by atoms with Gasteiger partial charge in [-0.25, -0.2) is 0 Å². The van der Waals surface area contributed by atoms with Gasteiger partial charge in [0.15, 0.2) is 0 Å². The molecule has 0 saturated heterocycles. The van der Waals surface area contributed by atoms with Gasteiger partial charge in [-0.2, -0.15) is 0 Å². The van der Waals surface area contributed by atoms with Gasteiger partial charge >= 0.3 is 42.7 Å². The Morgan fingerprint density at radius 1 is 1.20 bits per heavy atom. The zero-order valence-corrected chi connectivity index (χ0v) is 5.85. The Morgan fingerprint density at radius 2 is 1.60 bits per heavy atom. The molecule has 0 radical (unpaired) electrons. The van der Waals surface area contributed by atoms with E-state index in [9.17, 15) is 0 Å². The fourth-order valence-electron chi connectivity index (χ4n) is 0.100. The van der Waals surface area contributed by atoms with Crippen LogP contribution in [0, 0.1) is 0 Å². The van der Waals surface area contributed by atoms with Gasteiger partial charge in [0.05, 0.1) is 0 Å². The first-order chi connectivity index (χ1) is 2.41. The van der Waals surface area contributed by atoms with Crippen LogP contribution >= 0.6 is 0 Å². The SMILES string of the molecule is C[N]=[Zr]=[N]C. The molecule has 2 nitrogen and oxygen atoms in total. The summed E-state index contributed by atoms with van der Waals surface area (Å²) in [6.07, 6.45) is 0. The minimum atomic E-state index is -0.532. The molecule has 0 aliphatic heterocycles. The summed E-state index contributed by atoms with van der Waals surface area (Å²) in [4.78, 5) is 0. The molecule has 0 atom stereocenters. The van der Waals surface area contributed by atoms with Crippen LogP contribution in [0.1, 0.15) is 0 Å². The van der Waals surface area contributed by atoms with Crippen molar-refractivity contribution in [1.29, 1.82) is 0 Å². The molecule has 3 heteroatoms. The van der Waals surface area contributed by atoms with E-state index in [1.165, 1.54) is 0 Å². The predicted octanol–water partition coefficient (Wildman–Crippen LogP) is 0.696. The van der Waals surface area contributed by atoms with E-state index in [1.54, 1.807) is 0 Å². The van der Waals surface area contributed by atoms with Crippen molar-refractivity contribution in [3.8, 4) is 0 Å². The molecule has 0 heterocycles. The Bertz CT molecular complexity index is 56.0. The van der Waals surface area contributed by atoms with E-state index >= 15 is 0 Å². The Balaban J connectivity index is 3.26. The van der Waals surface area contributed by atoms with E-state index in [2.05, 4.69) is 5.74 Å². The molecule has 0 spiro atoms. The molecule has 0 rings (SSSR count). The van der Waals surface area contributed by atoms with E-state index in [0.29, 0.717) is 0 Å². The summed E-state index contributed by atoms with van der Waals surface area (Å²) >= 11 is -0.532. The van der Waals surface area contributed by atoms with Gasteiger partial charge in [-0.15, -0.1) is 0 Å². The summed E-state index contributed by atoms with van der Waals surface area (Å²) < 4.78 is 7.72. The van der Waals surface area contributed by atoms with Gasteiger partial charge in [-0.3, -0.25) is 0 Å². The van der Waals surface area contributed by atoms with Crippen LogP contribution in [0.25, 0.3) is 0 Å². The molecular weight excluding hydrogens is 143 g/mol. The van der Waals surface area contributed by atoms with Crippen molar-refractivity contribution in [3.05, 3.63) is 0 Å². The number of nitrogens with zero attached hydrogens (tertiary/aromatic N) is 2. The van der Waals surface area contributed by atoms with Crippen molar-refractivity contribution >= 4 is 0 Å². The van der Waals surface area contributed by atoms with Crippen molar-refractivity contribution in [1.82, 2.24) is 0 Å². The second kappa shape index (κ2) is 4.48. The number of hydrogen-bond donors (Lipinski definition) is 0. The second-order valence-electron chi connectivity index (χ2n) is 0.547. The van der Waals surface area contributed by atoms with Gasteiger partial charge in [-0.1, -0.05) is 0 Å². The first-order valence-electron chi connectivity index (χ1n) is 1.34. The van der Waals surface area contributed by atoms with Crippen molar-refractivity contribution in [2.45, 2.75) is 0 Å². The Hall–Kier alpha value is 0.483. The standard InChI is InChI=1S/2CH3N.Zr/c2*1-2;/h2*1H3;. The molecule has 0 bridgehead atoms. The van der Waals surface area contributed by atoms with E-state index in [0.717, 1.165) is 0 Å². The Kier molecular flexibility index (Phi) is 4.92. The van der Waals surface area contributed by atoms with E-state index in [-0.39, 0.29) is 0 Å². The summed E-state index contributed by atoms with van der Waals surface area (Å²) in [6, 6.07) is 0. The molecule has 0 fully saturated rings. The summed E-state index contributed by atoms with van der Waals surface area (Å²) in [6.45, 7) is 0. The van der Waals surface area contributed by atoms with Crippen LogP contribution in [0.2, 0.25) is 0 Å². The van der Waals surface area contributed by atoms with E-state index in [4.69, 9.17) is 0 Å².